The van der Waals surface area contributed by atoms with Gasteiger partial charge >= 0.3 is 0 Å². The van der Waals surface area contributed by atoms with E-state index in [1.807, 2.05) is 0 Å². The van der Waals surface area contributed by atoms with Crippen molar-refractivity contribution < 1.29 is 9.32 Å². The summed E-state index contributed by atoms with van der Waals surface area (Å²) in [6.45, 7) is 3.50. The van der Waals surface area contributed by atoms with Crippen molar-refractivity contribution in [1.82, 2.24) is 19.9 Å². The van der Waals surface area contributed by atoms with E-state index in [9.17, 15) is 9.32 Å². The number of H-pyrrole nitrogens is 1. The molecule has 26 heavy (non-hydrogen) atoms. The van der Waals surface area contributed by atoms with Gasteiger partial charge in [0, 0.05) is 12.2 Å². The molecule has 0 radical (unpaired) electrons. The molecule has 140 valence electrons. The van der Waals surface area contributed by atoms with Gasteiger partial charge in [0.15, 0.2) is 11.0 Å². The number of hydrogen-bond donors (Lipinski definition) is 4. The van der Waals surface area contributed by atoms with Crippen LogP contribution in [-0.2, 0) is 36.7 Å². The van der Waals surface area contributed by atoms with Gasteiger partial charge in [0.25, 0.3) is 0 Å². The quantitative estimate of drug-likeness (QED) is 0.618. The molecule has 4 N–H and O–H groups in total. The van der Waals surface area contributed by atoms with Gasteiger partial charge in [-0.05, 0) is 74.6 Å². The molecule has 0 aliphatic heterocycles. The zero-order valence-electron chi connectivity index (χ0n) is 15.2. The number of rotatable bonds is 6. The molecular weight excluding hydrogens is 350 g/mol. The van der Waals surface area contributed by atoms with Crippen LogP contribution in [0.5, 0.6) is 0 Å². The molecule has 0 bridgehead atoms. The van der Waals surface area contributed by atoms with Crippen molar-refractivity contribution >= 4 is 22.6 Å². The molecule has 0 spiro atoms. The summed E-state index contributed by atoms with van der Waals surface area (Å²) in [5.41, 5.74) is 5.88. The minimum Gasteiger partial charge on any atom is -0.389 e. The SMILES string of the molecule is CC(C)(O)CNS(=O)c1nc(Nc2c3c(cc4c2CCC4)CCC3)n[nH]1. The monoisotopic (exact) mass is 375 g/mol. The average Bonchev–Trinajstić information content (AvgIpc) is 3.31. The van der Waals surface area contributed by atoms with Gasteiger partial charge in [-0.15, -0.1) is 5.10 Å². The summed E-state index contributed by atoms with van der Waals surface area (Å²) in [6.07, 6.45) is 6.83. The zero-order valence-corrected chi connectivity index (χ0v) is 16.0. The van der Waals surface area contributed by atoms with Crippen molar-refractivity contribution in [3.8, 4) is 0 Å². The molecule has 1 atom stereocenters. The van der Waals surface area contributed by atoms with Crippen molar-refractivity contribution in [1.29, 1.82) is 0 Å². The normalized spacial score (nSPS) is 17.2. The van der Waals surface area contributed by atoms with Gasteiger partial charge in [-0.2, -0.15) is 4.98 Å². The van der Waals surface area contributed by atoms with Crippen molar-refractivity contribution in [3.63, 3.8) is 0 Å². The Hall–Kier alpha value is -1.77. The van der Waals surface area contributed by atoms with Gasteiger partial charge in [0.05, 0.1) is 5.60 Å². The van der Waals surface area contributed by atoms with Gasteiger partial charge in [0.1, 0.15) is 0 Å². The average molecular weight is 375 g/mol. The van der Waals surface area contributed by atoms with E-state index in [0.29, 0.717) is 5.95 Å². The van der Waals surface area contributed by atoms with E-state index in [1.54, 1.807) is 13.8 Å². The Morgan fingerprint density at radius 3 is 2.46 bits per heavy atom. The van der Waals surface area contributed by atoms with Crippen LogP contribution in [0.2, 0.25) is 0 Å². The van der Waals surface area contributed by atoms with Gasteiger partial charge in [-0.1, -0.05) is 6.07 Å². The van der Waals surface area contributed by atoms with Gasteiger partial charge < -0.3 is 10.4 Å². The van der Waals surface area contributed by atoms with Crippen molar-refractivity contribution in [3.05, 3.63) is 28.3 Å². The number of aromatic amines is 1. The fourth-order valence-electron chi connectivity index (χ4n) is 3.78. The maximum atomic E-state index is 12.3. The van der Waals surface area contributed by atoms with Crippen LogP contribution in [-0.4, -0.2) is 36.6 Å². The largest absolute Gasteiger partial charge is 0.389 e. The smallest absolute Gasteiger partial charge is 0.247 e. The first-order valence-electron chi connectivity index (χ1n) is 9.14. The van der Waals surface area contributed by atoms with Gasteiger partial charge in [-0.3, -0.25) is 0 Å². The first-order chi connectivity index (χ1) is 12.4. The fourth-order valence-corrected chi connectivity index (χ4v) is 4.69. The molecule has 4 rings (SSSR count). The van der Waals surface area contributed by atoms with Crippen LogP contribution in [0.25, 0.3) is 0 Å². The van der Waals surface area contributed by atoms with Crippen LogP contribution in [0.4, 0.5) is 11.6 Å². The number of hydrogen-bond acceptors (Lipinski definition) is 5. The predicted molar refractivity (Wildman–Crippen MR) is 101 cm³/mol. The predicted octanol–water partition coefficient (Wildman–Crippen LogP) is 1.91. The molecule has 2 aromatic rings. The van der Waals surface area contributed by atoms with E-state index in [2.05, 4.69) is 31.3 Å². The van der Waals surface area contributed by atoms with Crippen LogP contribution in [0.15, 0.2) is 11.2 Å². The standard InChI is InChI=1S/C18H25N5O2S/c1-18(2,24)10-19-26(25)17-21-16(22-23-17)20-15-13-7-3-5-11(13)9-12-6-4-8-14(12)15/h9,19,24H,3-8,10H2,1-2H3,(H2,20,21,22,23). The number of anilines is 2. The number of aromatic nitrogens is 3. The Kier molecular flexibility index (Phi) is 4.58. The van der Waals surface area contributed by atoms with E-state index in [-0.39, 0.29) is 11.7 Å². The highest BCUT2D eigenvalue weighted by Gasteiger charge is 2.25. The highest BCUT2D eigenvalue weighted by Crippen LogP contribution is 2.39. The Morgan fingerprint density at radius 1 is 1.19 bits per heavy atom. The fraction of sp³-hybridized carbons (Fsp3) is 0.556. The van der Waals surface area contributed by atoms with Crippen molar-refractivity contribution in [2.75, 3.05) is 11.9 Å². The summed E-state index contributed by atoms with van der Waals surface area (Å²) in [5, 5.41) is 20.3. The number of nitrogens with one attached hydrogen (secondary N) is 3. The summed E-state index contributed by atoms with van der Waals surface area (Å²) >= 11 is 0. The lowest BCUT2D eigenvalue weighted by Crippen LogP contribution is -2.35. The lowest BCUT2D eigenvalue weighted by molar-refractivity contribution is 0.0861. The zero-order chi connectivity index (χ0) is 18.3. The second-order valence-corrected chi connectivity index (χ2v) is 8.94. The third kappa shape index (κ3) is 3.54. The molecule has 0 amide bonds. The highest BCUT2D eigenvalue weighted by atomic mass is 32.2. The van der Waals surface area contributed by atoms with E-state index in [4.69, 9.17) is 0 Å². The van der Waals surface area contributed by atoms with E-state index in [1.165, 1.54) is 35.1 Å². The number of fused-ring (bicyclic) bond motifs is 2. The maximum absolute atomic E-state index is 12.3. The van der Waals surface area contributed by atoms with Gasteiger partial charge in [0.2, 0.25) is 11.1 Å². The molecule has 0 saturated carbocycles. The molecule has 0 fully saturated rings. The lowest BCUT2D eigenvalue weighted by atomic mass is 9.99. The molecule has 2 aliphatic carbocycles. The van der Waals surface area contributed by atoms with Crippen LogP contribution >= 0.6 is 0 Å². The summed E-state index contributed by atoms with van der Waals surface area (Å²) in [7, 11) is -1.54. The summed E-state index contributed by atoms with van der Waals surface area (Å²) in [6, 6.07) is 2.38. The molecule has 1 unspecified atom stereocenters. The molecule has 1 heterocycles. The first kappa shape index (κ1) is 17.6. The number of aryl methyl sites for hydroxylation is 2. The summed E-state index contributed by atoms with van der Waals surface area (Å²) < 4.78 is 15.0. The molecule has 2 aliphatic rings. The molecule has 1 aromatic carbocycles. The number of aliphatic hydroxyl groups is 1. The van der Waals surface area contributed by atoms with E-state index >= 15 is 0 Å². The minimum absolute atomic E-state index is 0.197. The van der Waals surface area contributed by atoms with Crippen molar-refractivity contribution in [2.45, 2.75) is 63.1 Å². The topological polar surface area (TPSA) is 103 Å². The maximum Gasteiger partial charge on any atom is 0.247 e. The minimum atomic E-state index is -1.54. The van der Waals surface area contributed by atoms with Crippen LogP contribution in [0.1, 0.15) is 48.9 Å². The summed E-state index contributed by atoms with van der Waals surface area (Å²) in [5.74, 6) is 0.438. The van der Waals surface area contributed by atoms with E-state index < -0.39 is 16.6 Å². The third-order valence-electron chi connectivity index (χ3n) is 4.99. The molecule has 0 saturated heterocycles. The van der Waals surface area contributed by atoms with Gasteiger partial charge in [-0.25, -0.2) is 14.0 Å². The Balaban J connectivity index is 1.55. The second kappa shape index (κ2) is 6.75. The third-order valence-corrected chi connectivity index (χ3v) is 5.93. The van der Waals surface area contributed by atoms with Crippen LogP contribution in [0, 0.1) is 0 Å². The van der Waals surface area contributed by atoms with Crippen LogP contribution < -0.4 is 10.0 Å². The Labute approximate surface area is 155 Å². The molecule has 1 aromatic heterocycles. The molecule has 7 nitrogen and oxygen atoms in total. The van der Waals surface area contributed by atoms with Crippen LogP contribution in [0.3, 0.4) is 0 Å². The first-order valence-corrected chi connectivity index (χ1v) is 10.3. The molecular formula is C18H25N5O2S. The number of nitrogens with zero attached hydrogens (tertiary/aromatic N) is 2. The summed E-state index contributed by atoms with van der Waals surface area (Å²) in [4.78, 5) is 4.34. The second-order valence-electron chi connectivity index (χ2n) is 7.73. The number of benzene rings is 1. The Morgan fingerprint density at radius 2 is 1.85 bits per heavy atom. The Bertz CT molecular complexity index is 824. The lowest BCUT2D eigenvalue weighted by Gasteiger charge is -2.16. The molecule has 8 heteroatoms. The van der Waals surface area contributed by atoms with Crippen molar-refractivity contribution in [2.24, 2.45) is 0 Å². The van der Waals surface area contributed by atoms with E-state index in [0.717, 1.165) is 31.4 Å². The highest BCUT2D eigenvalue weighted by molar-refractivity contribution is 7.82.